The van der Waals surface area contributed by atoms with Gasteiger partial charge in [0.1, 0.15) is 17.1 Å². The number of anilines is 1. The summed E-state index contributed by atoms with van der Waals surface area (Å²) in [5.41, 5.74) is 3.63. The second-order valence-electron chi connectivity index (χ2n) is 9.59. The predicted molar refractivity (Wildman–Crippen MR) is 147 cm³/mol. The van der Waals surface area contributed by atoms with Crippen molar-refractivity contribution in [2.75, 3.05) is 19.0 Å². The van der Waals surface area contributed by atoms with Crippen LogP contribution in [-0.2, 0) is 15.1 Å². The molecule has 2 N–H and O–H groups in total. The largest absolute Gasteiger partial charge is 0.497 e. The molecular formula is C31H34N2O4. The monoisotopic (exact) mass is 498 g/mol. The highest BCUT2D eigenvalue weighted by Crippen LogP contribution is 2.39. The molecule has 1 atom stereocenters. The molecule has 0 saturated carbocycles. The average molecular weight is 499 g/mol. The summed E-state index contributed by atoms with van der Waals surface area (Å²) in [5.74, 6) is 0.640. The van der Waals surface area contributed by atoms with E-state index in [1.54, 1.807) is 31.4 Å². The molecule has 192 valence electrons. The Kier molecular flexibility index (Phi) is 7.97. The van der Waals surface area contributed by atoms with E-state index in [0.29, 0.717) is 30.0 Å². The lowest BCUT2D eigenvalue weighted by Crippen LogP contribution is -2.49. The Morgan fingerprint density at radius 3 is 2.24 bits per heavy atom. The van der Waals surface area contributed by atoms with E-state index in [1.165, 1.54) is 0 Å². The van der Waals surface area contributed by atoms with E-state index in [-0.39, 0.29) is 5.57 Å². The van der Waals surface area contributed by atoms with Gasteiger partial charge in [-0.1, -0.05) is 55.3 Å². The topological polar surface area (TPSA) is 76.7 Å². The Balaban J connectivity index is 1.67. The molecule has 3 aromatic rings. The number of ether oxygens (including phenoxy) is 2. The Morgan fingerprint density at radius 2 is 1.62 bits per heavy atom. The molecule has 1 aliphatic heterocycles. The number of carbonyl (C=O) groups is 2. The summed E-state index contributed by atoms with van der Waals surface area (Å²) in [6.07, 6.45) is 2.54. The third kappa shape index (κ3) is 6.02. The summed E-state index contributed by atoms with van der Waals surface area (Å²) in [4.78, 5) is 27.0. The van der Waals surface area contributed by atoms with Crippen LogP contribution in [0.15, 0.2) is 78.4 Å². The summed E-state index contributed by atoms with van der Waals surface area (Å²) in [5, 5.41) is 5.98. The number of amides is 2. The number of unbranched alkanes of at least 4 members (excludes halogenated alkanes) is 1. The maximum absolute atomic E-state index is 13.5. The number of hydrogen-bond donors (Lipinski definition) is 2. The fraction of sp³-hybridized carbons (Fsp3) is 0.290. The van der Waals surface area contributed by atoms with E-state index < -0.39 is 17.4 Å². The molecule has 1 heterocycles. The van der Waals surface area contributed by atoms with Crippen molar-refractivity contribution in [1.82, 2.24) is 5.32 Å². The van der Waals surface area contributed by atoms with Crippen molar-refractivity contribution in [3.05, 3.63) is 95.1 Å². The minimum atomic E-state index is -0.691. The molecule has 0 saturated heterocycles. The molecular weight excluding hydrogens is 464 g/mol. The van der Waals surface area contributed by atoms with E-state index in [4.69, 9.17) is 9.47 Å². The fourth-order valence-corrected chi connectivity index (χ4v) is 4.47. The van der Waals surface area contributed by atoms with Crippen LogP contribution in [0.4, 0.5) is 5.69 Å². The molecule has 0 spiro atoms. The molecule has 3 aromatic carbocycles. The van der Waals surface area contributed by atoms with Gasteiger partial charge >= 0.3 is 0 Å². The molecule has 37 heavy (non-hydrogen) atoms. The summed E-state index contributed by atoms with van der Waals surface area (Å²) in [7, 11) is 1.59. The number of nitrogens with one attached hydrogen (secondary N) is 2. The summed E-state index contributed by atoms with van der Waals surface area (Å²) in [6.45, 7) is 6.81. The maximum atomic E-state index is 13.5. The van der Waals surface area contributed by atoms with Gasteiger partial charge in [0.25, 0.3) is 11.8 Å². The highest BCUT2D eigenvalue weighted by Gasteiger charge is 2.39. The number of hydrogen-bond acceptors (Lipinski definition) is 4. The van der Waals surface area contributed by atoms with Gasteiger partial charge in [-0.3, -0.25) is 9.59 Å². The zero-order valence-corrected chi connectivity index (χ0v) is 21.9. The van der Waals surface area contributed by atoms with Gasteiger partial charge in [-0.15, -0.1) is 0 Å². The molecule has 1 aliphatic rings. The SMILES string of the molecule is CCCCOc1ccc([C@]2(C)CC(c3ccc(C)cc3)=C(C(=O)Nc3ccc(OC)cc3)C(=O)N2)cc1. The van der Waals surface area contributed by atoms with E-state index in [9.17, 15) is 9.59 Å². The van der Waals surface area contributed by atoms with Gasteiger partial charge in [0.05, 0.1) is 19.3 Å². The summed E-state index contributed by atoms with van der Waals surface area (Å²) < 4.78 is 11.0. The molecule has 4 rings (SSSR count). The molecule has 0 aromatic heterocycles. The van der Waals surface area contributed by atoms with Crippen LogP contribution in [0.25, 0.3) is 5.57 Å². The number of methoxy groups -OCH3 is 1. The Hall–Kier alpha value is -4.06. The molecule has 0 aliphatic carbocycles. The highest BCUT2D eigenvalue weighted by molar-refractivity contribution is 6.28. The van der Waals surface area contributed by atoms with E-state index >= 15 is 0 Å². The van der Waals surface area contributed by atoms with Crippen molar-refractivity contribution in [2.45, 2.75) is 45.6 Å². The van der Waals surface area contributed by atoms with Gasteiger partial charge < -0.3 is 20.1 Å². The first-order valence-corrected chi connectivity index (χ1v) is 12.6. The highest BCUT2D eigenvalue weighted by atomic mass is 16.5. The number of benzene rings is 3. The Morgan fingerprint density at radius 1 is 0.973 bits per heavy atom. The molecule has 2 amide bonds. The summed E-state index contributed by atoms with van der Waals surface area (Å²) >= 11 is 0. The first-order chi connectivity index (χ1) is 17.8. The van der Waals surface area contributed by atoms with Crippen LogP contribution in [-0.4, -0.2) is 25.5 Å². The standard InChI is InChI=1S/C31H34N2O4/c1-5-6-19-37-26-15-11-23(12-16-26)31(3)20-27(22-9-7-21(2)8-10-22)28(30(35)33-31)29(34)32-24-13-17-25(36-4)18-14-24/h7-18H,5-6,19-20H2,1-4H3,(H,32,34)(H,33,35)/t31-/m0/s1. The lowest BCUT2D eigenvalue weighted by atomic mass is 9.78. The normalized spacial score (nSPS) is 17.2. The Labute approximate surface area is 218 Å². The first kappa shape index (κ1) is 26.0. The van der Waals surface area contributed by atoms with E-state index in [0.717, 1.165) is 35.3 Å². The zero-order chi connectivity index (χ0) is 26.4. The molecule has 6 heteroatoms. The van der Waals surface area contributed by atoms with Crippen LogP contribution in [0.3, 0.4) is 0 Å². The van der Waals surface area contributed by atoms with Gasteiger partial charge in [-0.05, 0) is 73.4 Å². The van der Waals surface area contributed by atoms with Crippen LogP contribution in [0.1, 0.15) is 49.8 Å². The van der Waals surface area contributed by atoms with Crippen molar-refractivity contribution in [3.8, 4) is 11.5 Å². The van der Waals surface area contributed by atoms with Crippen molar-refractivity contribution >= 4 is 23.1 Å². The van der Waals surface area contributed by atoms with Crippen molar-refractivity contribution < 1.29 is 19.1 Å². The van der Waals surface area contributed by atoms with Gasteiger partial charge in [-0.25, -0.2) is 0 Å². The van der Waals surface area contributed by atoms with Crippen LogP contribution >= 0.6 is 0 Å². The fourth-order valence-electron chi connectivity index (χ4n) is 4.47. The van der Waals surface area contributed by atoms with Crippen LogP contribution in [0, 0.1) is 6.92 Å². The third-order valence-electron chi connectivity index (χ3n) is 6.68. The van der Waals surface area contributed by atoms with Crippen molar-refractivity contribution in [1.29, 1.82) is 0 Å². The lowest BCUT2D eigenvalue weighted by Gasteiger charge is -2.37. The minimum Gasteiger partial charge on any atom is -0.497 e. The maximum Gasteiger partial charge on any atom is 0.261 e. The second kappa shape index (κ2) is 11.3. The molecule has 6 nitrogen and oxygen atoms in total. The molecule has 0 unspecified atom stereocenters. The smallest absolute Gasteiger partial charge is 0.261 e. The zero-order valence-electron chi connectivity index (χ0n) is 21.9. The van der Waals surface area contributed by atoms with Gasteiger partial charge in [0, 0.05) is 12.1 Å². The lowest BCUT2D eigenvalue weighted by molar-refractivity contribution is -0.123. The third-order valence-corrected chi connectivity index (χ3v) is 6.68. The molecule has 0 bridgehead atoms. The van der Waals surface area contributed by atoms with Crippen LogP contribution < -0.4 is 20.1 Å². The van der Waals surface area contributed by atoms with Crippen molar-refractivity contribution in [2.24, 2.45) is 0 Å². The van der Waals surface area contributed by atoms with Crippen LogP contribution in [0.2, 0.25) is 0 Å². The van der Waals surface area contributed by atoms with E-state index in [2.05, 4.69) is 17.6 Å². The first-order valence-electron chi connectivity index (χ1n) is 12.6. The molecule has 0 fully saturated rings. The second-order valence-corrected chi connectivity index (χ2v) is 9.59. The van der Waals surface area contributed by atoms with E-state index in [1.807, 2.05) is 62.4 Å². The summed E-state index contributed by atoms with van der Waals surface area (Å²) in [6, 6.07) is 22.8. The number of carbonyl (C=O) groups excluding carboxylic acids is 2. The average Bonchev–Trinajstić information content (AvgIpc) is 2.89. The predicted octanol–water partition coefficient (Wildman–Crippen LogP) is 6.01. The minimum absolute atomic E-state index is 0.122. The number of rotatable bonds is 9. The van der Waals surface area contributed by atoms with Gasteiger partial charge in [0.2, 0.25) is 0 Å². The van der Waals surface area contributed by atoms with Gasteiger partial charge in [-0.2, -0.15) is 0 Å². The molecule has 0 radical (unpaired) electrons. The number of aryl methyl sites for hydroxylation is 1. The van der Waals surface area contributed by atoms with Crippen LogP contribution in [0.5, 0.6) is 11.5 Å². The Bertz CT molecular complexity index is 1280. The van der Waals surface area contributed by atoms with Crippen molar-refractivity contribution in [3.63, 3.8) is 0 Å². The quantitative estimate of drug-likeness (QED) is 0.280. The van der Waals surface area contributed by atoms with Gasteiger partial charge in [0.15, 0.2) is 0 Å².